The highest BCUT2D eigenvalue weighted by Crippen LogP contribution is 2.21. The van der Waals surface area contributed by atoms with Crippen LogP contribution >= 0.6 is 0 Å². The van der Waals surface area contributed by atoms with E-state index in [1.807, 2.05) is 6.92 Å². The molecular formula is C12H17F3N2O. The number of aromatic nitrogens is 1. The lowest BCUT2D eigenvalue weighted by molar-refractivity contribution is -0.136. The monoisotopic (exact) mass is 262 g/mol. The van der Waals surface area contributed by atoms with Crippen molar-refractivity contribution in [2.45, 2.75) is 32.5 Å². The van der Waals surface area contributed by atoms with Crippen LogP contribution in [0, 0.1) is 0 Å². The summed E-state index contributed by atoms with van der Waals surface area (Å²) in [5, 5.41) is 3.11. The molecule has 1 aromatic heterocycles. The normalized spacial score (nSPS) is 11.6. The molecule has 3 nitrogen and oxygen atoms in total. The van der Waals surface area contributed by atoms with Crippen molar-refractivity contribution in [3.05, 3.63) is 24.0 Å². The molecule has 0 aliphatic rings. The Balaban J connectivity index is 2.33. The molecule has 0 aliphatic heterocycles. The highest BCUT2D eigenvalue weighted by atomic mass is 19.4. The Kier molecular flexibility index (Phi) is 5.91. The standard InChI is InChI=1S/C12H17F3N2O/c1-2-16-9-10-8-11(4-6-17-10)18-7-3-5-12(13,14)15/h4,6,8,16H,2-3,5,7,9H2,1H3. The molecule has 0 unspecified atom stereocenters. The molecule has 0 bridgehead atoms. The summed E-state index contributed by atoms with van der Waals surface area (Å²) >= 11 is 0. The molecule has 0 spiro atoms. The summed E-state index contributed by atoms with van der Waals surface area (Å²) in [6.45, 7) is 3.50. The molecule has 0 atom stereocenters. The first-order valence-corrected chi connectivity index (χ1v) is 5.86. The molecular weight excluding hydrogens is 245 g/mol. The Morgan fingerprint density at radius 2 is 2.17 bits per heavy atom. The SMILES string of the molecule is CCNCc1cc(OCCCC(F)(F)F)ccn1. The van der Waals surface area contributed by atoms with Crippen molar-refractivity contribution >= 4 is 0 Å². The van der Waals surface area contributed by atoms with Crippen LogP contribution in [0.1, 0.15) is 25.5 Å². The maximum atomic E-state index is 11.9. The van der Waals surface area contributed by atoms with E-state index < -0.39 is 12.6 Å². The third-order valence-electron chi connectivity index (χ3n) is 2.22. The predicted octanol–water partition coefficient (Wildman–Crippen LogP) is 2.91. The number of nitrogens with zero attached hydrogens (tertiary/aromatic N) is 1. The van der Waals surface area contributed by atoms with E-state index in [0.29, 0.717) is 12.3 Å². The molecule has 1 aromatic rings. The summed E-state index contributed by atoms with van der Waals surface area (Å²) in [7, 11) is 0. The van der Waals surface area contributed by atoms with E-state index in [9.17, 15) is 13.2 Å². The zero-order valence-electron chi connectivity index (χ0n) is 10.3. The first kappa shape index (κ1) is 14.8. The topological polar surface area (TPSA) is 34.1 Å². The summed E-state index contributed by atoms with van der Waals surface area (Å²) in [5.74, 6) is 0.556. The highest BCUT2D eigenvalue weighted by Gasteiger charge is 2.26. The second-order valence-corrected chi connectivity index (χ2v) is 3.83. The van der Waals surface area contributed by atoms with Crippen molar-refractivity contribution in [2.24, 2.45) is 0 Å². The van der Waals surface area contributed by atoms with Crippen LogP contribution in [-0.4, -0.2) is 24.3 Å². The number of pyridine rings is 1. The van der Waals surface area contributed by atoms with Crippen LogP contribution in [0.2, 0.25) is 0 Å². The molecule has 1 heterocycles. The van der Waals surface area contributed by atoms with Gasteiger partial charge in [0.2, 0.25) is 0 Å². The van der Waals surface area contributed by atoms with Crippen LogP contribution < -0.4 is 10.1 Å². The molecule has 0 aromatic carbocycles. The van der Waals surface area contributed by atoms with Gasteiger partial charge in [-0.25, -0.2) is 0 Å². The number of rotatable bonds is 7. The minimum Gasteiger partial charge on any atom is -0.493 e. The van der Waals surface area contributed by atoms with Gasteiger partial charge in [0, 0.05) is 25.2 Å². The fraction of sp³-hybridized carbons (Fsp3) is 0.583. The smallest absolute Gasteiger partial charge is 0.389 e. The number of ether oxygens (including phenoxy) is 1. The third kappa shape index (κ3) is 6.44. The number of hydrogen-bond acceptors (Lipinski definition) is 3. The minimum atomic E-state index is -4.11. The molecule has 102 valence electrons. The maximum Gasteiger partial charge on any atom is 0.389 e. The maximum absolute atomic E-state index is 11.9. The van der Waals surface area contributed by atoms with Crippen LogP contribution in [0.3, 0.4) is 0 Å². The van der Waals surface area contributed by atoms with Gasteiger partial charge in [0.1, 0.15) is 5.75 Å². The molecule has 6 heteroatoms. The van der Waals surface area contributed by atoms with Gasteiger partial charge in [0.15, 0.2) is 0 Å². The van der Waals surface area contributed by atoms with Crippen molar-refractivity contribution in [1.82, 2.24) is 10.3 Å². The van der Waals surface area contributed by atoms with Crippen molar-refractivity contribution in [1.29, 1.82) is 0 Å². The van der Waals surface area contributed by atoms with E-state index in [1.165, 1.54) is 0 Å². The van der Waals surface area contributed by atoms with Gasteiger partial charge in [0.25, 0.3) is 0 Å². The van der Waals surface area contributed by atoms with Crippen molar-refractivity contribution in [2.75, 3.05) is 13.2 Å². The summed E-state index contributed by atoms with van der Waals surface area (Å²) in [6, 6.07) is 3.37. The lowest BCUT2D eigenvalue weighted by atomic mass is 10.3. The Bertz CT molecular complexity index is 355. The number of halogens is 3. The number of alkyl halides is 3. The van der Waals surface area contributed by atoms with Crippen LogP contribution in [0.25, 0.3) is 0 Å². The zero-order chi connectivity index (χ0) is 13.4. The van der Waals surface area contributed by atoms with Crippen molar-refractivity contribution in [3.63, 3.8) is 0 Å². The second kappa shape index (κ2) is 7.20. The fourth-order valence-electron chi connectivity index (χ4n) is 1.36. The van der Waals surface area contributed by atoms with Crippen LogP contribution in [0.15, 0.2) is 18.3 Å². The van der Waals surface area contributed by atoms with Crippen LogP contribution in [0.4, 0.5) is 13.2 Å². The van der Waals surface area contributed by atoms with Crippen LogP contribution in [-0.2, 0) is 6.54 Å². The molecule has 18 heavy (non-hydrogen) atoms. The molecule has 0 aliphatic carbocycles. The Morgan fingerprint density at radius 3 is 2.83 bits per heavy atom. The van der Waals surface area contributed by atoms with E-state index >= 15 is 0 Å². The van der Waals surface area contributed by atoms with Gasteiger partial charge < -0.3 is 10.1 Å². The molecule has 0 radical (unpaired) electrons. The number of hydrogen-bond donors (Lipinski definition) is 1. The second-order valence-electron chi connectivity index (χ2n) is 3.83. The molecule has 1 N–H and O–H groups in total. The Morgan fingerprint density at radius 1 is 1.39 bits per heavy atom. The van der Waals surface area contributed by atoms with Crippen molar-refractivity contribution in [3.8, 4) is 5.75 Å². The molecule has 0 saturated carbocycles. The van der Waals surface area contributed by atoms with Gasteiger partial charge in [-0.2, -0.15) is 13.2 Å². The van der Waals surface area contributed by atoms with Gasteiger partial charge in [0.05, 0.1) is 12.3 Å². The first-order chi connectivity index (χ1) is 8.51. The van der Waals surface area contributed by atoms with Gasteiger partial charge in [-0.1, -0.05) is 6.92 Å². The zero-order valence-corrected chi connectivity index (χ0v) is 10.3. The summed E-state index contributed by atoms with van der Waals surface area (Å²) in [5.41, 5.74) is 0.810. The molecule has 1 rings (SSSR count). The first-order valence-electron chi connectivity index (χ1n) is 5.86. The van der Waals surface area contributed by atoms with E-state index in [-0.39, 0.29) is 13.0 Å². The molecule has 0 saturated heterocycles. The van der Waals surface area contributed by atoms with Gasteiger partial charge in [-0.05, 0) is 19.0 Å². The van der Waals surface area contributed by atoms with Crippen LogP contribution in [0.5, 0.6) is 5.75 Å². The largest absolute Gasteiger partial charge is 0.493 e. The van der Waals surface area contributed by atoms with Gasteiger partial charge >= 0.3 is 6.18 Å². The predicted molar refractivity (Wildman–Crippen MR) is 62.4 cm³/mol. The van der Waals surface area contributed by atoms with Gasteiger partial charge in [-0.3, -0.25) is 4.98 Å². The quantitative estimate of drug-likeness (QED) is 0.767. The highest BCUT2D eigenvalue weighted by molar-refractivity contribution is 5.22. The summed E-state index contributed by atoms with van der Waals surface area (Å²) in [6.07, 6.45) is -3.37. The number of nitrogens with one attached hydrogen (secondary N) is 1. The third-order valence-corrected chi connectivity index (χ3v) is 2.22. The summed E-state index contributed by atoms with van der Waals surface area (Å²) in [4.78, 5) is 4.12. The van der Waals surface area contributed by atoms with Crippen molar-refractivity contribution < 1.29 is 17.9 Å². The average molecular weight is 262 g/mol. The van der Waals surface area contributed by atoms with E-state index in [4.69, 9.17) is 4.74 Å². The minimum absolute atomic E-state index is 0.0334. The van der Waals surface area contributed by atoms with E-state index in [2.05, 4.69) is 10.3 Å². The Labute approximate surface area is 104 Å². The fourth-order valence-corrected chi connectivity index (χ4v) is 1.36. The molecule has 0 amide bonds. The summed E-state index contributed by atoms with van der Waals surface area (Å²) < 4.78 is 41.0. The van der Waals surface area contributed by atoms with E-state index in [0.717, 1.165) is 12.2 Å². The average Bonchev–Trinajstić information content (AvgIpc) is 2.31. The van der Waals surface area contributed by atoms with E-state index in [1.54, 1.807) is 18.3 Å². The lowest BCUT2D eigenvalue weighted by Crippen LogP contribution is -2.13. The Hall–Kier alpha value is -1.30. The molecule has 0 fully saturated rings. The lowest BCUT2D eigenvalue weighted by Gasteiger charge is -2.09. The van der Waals surface area contributed by atoms with Gasteiger partial charge in [-0.15, -0.1) is 0 Å².